The predicted molar refractivity (Wildman–Crippen MR) is 147 cm³/mol. The lowest BCUT2D eigenvalue weighted by molar-refractivity contribution is -0.134. The molecule has 9 nitrogen and oxygen atoms in total. The van der Waals surface area contributed by atoms with Crippen molar-refractivity contribution in [2.24, 2.45) is 5.92 Å². The van der Waals surface area contributed by atoms with Crippen LogP contribution in [0.15, 0.2) is 24.4 Å². The van der Waals surface area contributed by atoms with Gasteiger partial charge in [-0.25, -0.2) is 4.98 Å². The van der Waals surface area contributed by atoms with Crippen LogP contribution in [0.5, 0.6) is 0 Å². The summed E-state index contributed by atoms with van der Waals surface area (Å²) in [6, 6.07) is 2.72. The molecular formula is C25H32Cl2N6O3S. The van der Waals surface area contributed by atoms with Crippen molar-refractivity contribution < 1.29 is 14.4 Å². The summed E-state index contributed by atoms with van der Waals surface area (Å²) in [6.07, 6.45) is 7.02. The molecule has 1 aliphatic carbocycles. The van der Waals surface area contributed by atoms with Crippen molar-refractivity contribution in [3.05, 3.63) is 50.7 Å². The average Bonchev–Trinajstić information content (AvgIpc) is 3.27. The third kappa shape index (κ3) is 7.50. The van der Waals surface area contributed by atoms with Crippen LogP contribution in [0.1, 0.15) is 45.3 Å². The number of nitrogens with zero attached hydrogens (tertiary/aromatic N) is 4. The van der Waals surface area contributed by atoms with Gasteiger partial charge in [0.05, 0.1) is 22.5 Å². The fourth-order valence-electron chi connectivity index (χ4n) is 4.62. The second-order valence-corrected chi connectivity index (χ2v) is 11.1. The van der Waals surface area contributed by atoms with Crippen molar-refractivity contribution in [1.82, 2.24) is 30.4 Å². The fourth-order valence-corrected chi connectivity index (χ4v) is 5.82. The van der Waals surface area contributed by atoms with Crippen LogP contribution in [0, 0.1) is 5.92 Å². The molecule has 3 amide bonds. The largest absolute Gasteiger partial charge is 0.349 e. The zero-order valence-electron chi connectivity index (χ0n) is 21.1. The molecule has 200 valence electrons. The maximum Gasteiger partial charge on any atom is 0.280 e. The van der Waals surface area contributed by atoms with Gasteiger partial charge in [-0.1, -0.05) is 11.6 Å². The van der Waals surface area contributed by atoms with Gasteiger partial charge in [-0.05, 0) is 44.5 Å². The van der Waals surface area contributed by atoms with Gasteiger partial charge in [-0.15, -0.1) is 23.7 Å². The second kappa shape index (κ2) is 12.8. The zero-order chi connectivity index (χ0) is 25.8. The highest BCUT2D eigenvalue weighted by Gasteiger charge is 2.36. The van der Waals surface area contributed by atoms with E-state index in [0.717, 1.165) is 30.1 Å². The molecule has 4 rings (SSSR count). The number of fused-ring (bicyclic) bond motifs is 1. The Bertz CT molecular complexity index is 1150. The first kappa shape index (κ1) is 29.0. The highest BCUT2D eigenvalue weighted by atomic mass is 35.5. The lowest BCUT2D eigenvalue weighted by Crippen LogP contribution is -2.55. The number of nitrogens with one attached hydrogen (secondary N) is 2. The molecule has 0 spiro atoms. The maximum absolute atomic E-state index is 13.2. The van der Waals surface area contributed by atoms with Gasteiger partial charge >= 0.3 is 0 Å². The van der Waals surface area contributed by atoms with Gasteiger partial charge < -0.3 is 20.4 Å². The smallest absolute Gasteiger partial charge is 0.280 e. The van der Waals surface area contributed by atoms with Crippen molar-refractivity contribution in [2.75, 3.05) is 27.7 Å². The third-order valence-corrected chi connectivity index (χ3v) is 7.86. The highest BCUT2D eigenvalue weighted by Crippen LogP contribution is 2.28. The van der Waals surface area contributed by atoms with Gasteiger partial charge in [0.1, 0.15) is 0 Å². The molecule has 1 saturated carbocycles. The van der Waals surface area contributed by atoms with Crippen LogP contribution >= 0.6 is 35.3 Å². The van der Waals surface area contributed by atoms with Gasteiger partial charge in [0.2, 0.25) is 11.8 Å². The zero-order valence-corrected chi connectivity index (χ0v) is 23.5. The Morgan fingerprint density at radius 3 is 2.68 bits per heavy atom. The van der Waals surface area contributed by atoms with Crippen LogP contribution in [-0.2, 0) is 22.6 Å². The highest BCUT2D eigenvalue weighted by molar-refractivity contribution is 7.13. The van der Waals surface area contributed by atoms with Crippen LogP contribution in [0.4, 0.5) is 0 Å². The summed E-state index contributed by atoms with van der Waals surface area (Å²) >= 11 is 7.28. The van der Waals surface area contributed by atoms with E-state index in [-0.39, 0.29) is 42.1 Å². The van der Waals surface area contributed by atoms with Crippen molar-refractivity contribution in [3.63, 3.8) is 0 Å². The van der Waals surface area contributed by atoms with Crippen LogP contribution in [-0.4, -0.2) is 77.3 Å². The molecule has 2 N–H and O–H groups in total. The monoisotopic (exact) mass is 566 g/mol. The molecule has 1 fully saturated rings. The van der Waals surface area contributed by atoms with Gasteiger partial charge in [-0.2, -0.15) is 0 Å². The summed E-state index contributed by atoms with van der Waals surface area (Å²) < 4.78 is 0. The molecule has 37 heavy (non-hydrogen) atoms. The second-order valence-electron chi connectivity index (χ2n) is 9.55. The standard InChI is InChI=1S/C25H31ClN6O3S.ClH/c1-31(2)25(35)15-4-8-18(28-22(33)9-7-17-6-5-16(26)13-27-17)20(12-15)29-23(34)24-30-19-10-11-32(3)14-21(19)36-24;/h5-7,9,13,15,18,20H,4,8,10-12,14H2,1-3H3,(H,28,33)(H,29,34);1H/b9-7+;/t15-,18-,20+;/m0./s1. The molecule has 2 aromatic heterocycles. The predicted octanol–water partition coefficient (Wildman–Crippen LogP) is 2.79. The number of halogens is 2. The average molecular weight is 568 g/mol. The quantitative estimate of drug-likeness (QED) is 0.520. The summed E-state index contributed by atoms with van der Waals surface area (Å²) in [7, 11) is 5.52. The normalized spacial score (nSPS) is 21.6. The van der Waals surface area contributed by atoms with E-state index >= 15 is 0 Å². The van der Waals surface area contributed by atoms with E-state index in [1.807, 2.05) is 0 Å². The van der Waals surface area contributed by atoms with E-state index in [1.54, 1.807) is 37.2 Å². The SMILES string of the molecule is CN1CCc2nc(C(=O)N[C@@H]3C[C@@H](C(=O)N(C)C)CC[C@@H]3NC(=O)/C=C/c3ccc(Cl)cn3)sc2C1.Cl. The van der Waals surface area contributed by atoms with E-state index in [1.165, 1.54) is 23.6 Å². The van der Waals surface area contributed by atoms with E-state index in [0.29, 0.717) is 35.0 Å². The molecule has 0 aromatic carbocycles. The Labute approximate surface area is 232 Å². The Kier molecular flexibility index (Phi) is 10.1. The first-order valence-corrected chi connectivity index (χ1v) is 13.2. The number of pyridine rings is 1. The number of hydrogen-bond donors (Lipinski definition) is 2. The topological polar surface area (TPSA) is 108 Å². The minimum absolute atomic E-state index is 0. The molecule has 0 radical (unpaired) electrons. The Hall–Kier alpha value is -2.53. The van der Waals surface area contributed by atoms with Gasteiger partial charge in [0, 0.05) is 62.7 Å². The summed E-state index contributed by atoms with van der Waals surface area (Å²) in [4.78, 5) is 52.2. The van der Waals surface area contributed by atoms with Crippen molar-refractivity contribution in [2.45, 2.75) is 44.3 Å². The van der Waals surface area contributed by atoms with E-state index in [4.69, 9.17) is 11.6 Å². The molecule has 2 aromatic rings. The first-order chi connectivity index (χ1) is 17.2. The minimum atomic E-state index is -0.394. The summed E-state index contributed by atoms with van der Waals surface area (Å²) in [6.45, 7) is 1.71. The lowest BCUT2D eigenvalue weighted by Gasteiger charge is -2.37. The van der Waals surface area contributed by atoms with Crippen molar-refractivity contribution in [1.29, 1.82) is 0 Å². The number of rotatable bonds is 6. The number of carbonyl (C=O) groups excluding carboxylic acids is 3. The fraction of sp³-hybridized carbons (Fsp3) is 0.480. The summed E-state index contributed by atoms with van der Waals surface area (Å²) in [5.74, 6) is -0.743. The lowest BCUT2D eigenvalue weighted by atomic mass is 9.81. The first-order valence-electron chi connectivity index (χ1n) is 12.0. The van der Waals surface area contributed by atoms with E-state index in [2.05, 4.69) is 32.5 Å². The van der Waals surface area contributed by atoms with Crippen LogP contribution in [0.3, 0.4) is 0 Å². The van der Waals surface area contributed by atoms with Gasteiger partial charge in [-0.3, -0.25) is 19.4 Å². The van der Waals surface area contributed by atoms with E-state index < -0.39 is 6.04 Å². The van der Waals surface area contributed by atoms with Crippen molar-refractivity contribution in [3.8, 4) is 0 Å². The summed E-state index contributed by atoms with van der Waals surface area (Å²) in [5.41, 5.74) is 1.59. The Morgan fingerprint density at radius 1 is 1.19 bits per heavy atom. The minimum Gasteiger partial charge on any atom is -0.349 e. The molecular weight excluding hydrogens is 535 g/mol. The Morgan fingerprint density at radius 2 is 1.97 bits per heavy atom. The molecule has 0 saturated heterocycles. The number of likely N-dealkylation sites (N-methyl/N-ethyl adjacent to an activating group) is 1. The van der Waals surface area contributed by atoms with Crippen LogP contribution < -0.4 is 10.6 Å². The molecule has 12 heteroatoms. The molecule has 2 aliphatic rings. The molecule has 0 bridgehead atoms. The third-order valence-electron chi connectivity index (χ3n) is 6.56. The number of amides is 3. The Balaban J connectivity index is 0.00000380. The number of thiazole rings is 1. The van der Waals surface area contributed by atoms with E-state index in [9.17, 15) is 14.4 Å². The van der Waals surface area contributed by atoms with Gasteiger partial charge in [0.25, 0.3) is 5.91 Å². The molecule has 1 aliphatic heterocycles. The summed E-state index contributed by atoms with van der Waals surface area (Å²) in [5, 5.41) is 7.03. The maximum atomic E-state index is 13.2. The number of aromatic nitrogens is 2. The molecule has 3 atom stereocenters. The number of carbonyl (C=O) groups is 3. The van der Waals surface area contributed by atoms with Gasteiger partial charge in [0.15, 0.2) is 5.01 Å². The molecule has 3 heterocycles. The van der Waals surface area contributed by atoms with Crippen LogP contribution in [0.25, 0.3) is 6.08 Å². The number of hydrogen-bond acceptors (Lipinski definition) is 7. The van der Waals surface area contributed by atoms with Crippen molar-refractivity contribution >= 4 is 59.1 Å². The van der Waals surface area contributed by atoms with Crippen LogP contribution in [0.2, 0.25) is 5.02 Å². The molecule has 0 unspecified atom stereocenters.